The quantitative estimate of drug-likeness (QED) is 0.255. The Morgan fingerprint density at radius 2 is 0.697 bits per heavy atom. The fourth-order valence-electron chi connectivity index (χ4n) is 5.42. The van der Waals surface area contributed by atoms with Crippen LogP contribution in [0, 0.1) is 0 Å². The number of ether oxygens (including phenoxy) is 1. The van der Waals surface area contributed by atoms with Crippen LogP contribution in [0.15, 0.2) is 109 Å². The van der Waals surface area contributed by atoms with Gasteiger partial charge in [0.15, 0.2) is 0 Å². The molecular formula is C32H26O. The van der Waals surface area contributed by atoms with Gasteiger partial charge in [-0.05, 0) is 80.2 Å². The van der Waals surface area contributed by atoms with Gasteiger partial charge in [0.2, 0.25) is 0 Å². The van der Waals surface area contributed by atoms with Crippen LogP contribution in [0.1, 0.15) is 37.2 Å². The second-order valence-electron chi connectivity index (χ2n) is 8.89. The lowest BCUT2D eigenvalue weighted by Crippen LogP contribution is -2.07. The number of fused-ring (bicyclic) bond motifs is 4. The first-order valence-corrected chi connectivity index (χ1v) is 11.7. The van der Waals surface area contributed by atoms with E-state index in [2.05, 4.69) is 123 Å². The molecule has 0 saturated carbocycles. The van der Waals surface area contributed by atoms with Crippen LogP contribution in [-0.4, -0.2) is 0 Å². The van der Waals surface area contributed by atoms with Crippen LogP contribution in [0.2, 0.25) is 0 Å². The van der Waals surface area contributed by atoms with Gasteiger partial charge in [-0.3, -0.25) is 0 Å². The maximum atomic E-state index is 6.85. The van der Waals surface area contributed by atoms with E-state index in [-0.39, 0.29) is 12.2 Å². The van der Waals surface area contributed by atoms with Crippen molar-refractivity contribution in [2.45, 2.75) is 26.1 Å². The maximum absolute atomic E-state index is 6.85. The van der Waals surface area contributed by atoms with Crippen molar-refractivity contribution in [3.05, 3.63) is 120 Å². The van der Waals surface area contributed by atoms with Crippen molar-refractivity contribution < 1.29 is 4.74 Å². The molecule has 0 spiro atoms. The minimum Gasteiger partial charge on any atom is -0.366 e. The SMILES string of the molecule is CC(OC(C)c1c2ccccc2cc2ccccc12)c1c2ccccc2cc2ccccc12. The third kappa shape index (κ3) is 3.37. The van der Waals surface area contributed by atoms with E-state index in [1.807, 2.05) is 0 Å². The molecule has 0 aliphatic rings. The summed E-state index contributed by atoms with van der Waals surface area (Å²) >= 11 is 0. The molecule has 1 nitrogen and oxygen atoms in total. The van der Waals surface area contributed by atoms with Crippen molar-refractivity contribution in [2.75, 3.05) is 0 Å². The van der Waals surface area contributed by atoms with Crippen LogP contribution in [-0.2, 0) is 4.74 Å². The van der Waals surface area contributed by atoms with E-state index in [1.165, 1.54) is 54.2 Å². The predicted molar refractivity (Wildman–Crippen MR) is 141 cm³/mol. The van der Waals surface area contributed by atoms with E-state index in [1.54, 1.807) is 0 Å². The molecule has 2 atom stereocenters. The van der Waals surface area contributed by atoms with Crippen LogP contribution >= 0.6 is 0 Å². The van der Waals surface area contributed by atoms with Crippen LogP contribution in [0.3, 0.4) is 0 Å². The van der Waals surface area contributed by atoms with Crippen LogP contribution < -0.4 is 0 Å². The van der Waals surface area contributed by atoms with Crippen molar-refractivity contribution in [1.29, 1.82) is 0 Å². The van der Waals surface area contributed by atoms with Gasteiger partial charge < -0.3 is 4.74 Å². The maximum Gasteiger partial charge on any atom is 0.0817 e. The van der Waals surface area contributed by atoms with Gasteiger partial charge in [0, 0.05) is 0 Å². The first-order valence-electron chi connectivity index (χ1n) is 11.7. The Labute approximate surface area is 194 Å². The molecule has 33 heavy (non-hydrogen) atoms. The second kappa shape index (κ2) is 8.03. The van der Waals surface area contributed by atoms with Crippen molar-refractivity contribution in [1.82, 2.24) is 0 Å². The molecule has 6 aromatic carbocycles. The topological polar surface area (TPSA) is 9.23 Å². The molecule has 0 fully saturated rings. The fraction of sp³-hybridized carbons (Fsp3) is 0.125. The molecule has 0 aliphatic carbocycles. The van der Waals surface area contributed by atoms with E-state index >= 15 is 0 Å². The Morgan fingerprint density at radius 1 is 0.424 bits per heavy atom. The molecule has 0 saturated heterocycles. The molecule has 0 amide bonds. The Balaban J connectivity index is 1.51. The molecule has 1 heteroatoms. The van der Waals surface area contributed by atoms with Crippen LogP contribution in [0.4, 0.5) is 0 Å². The highest BCUT2D eigenvalue weighted by Crippen LogP contribution is 2.40. The monoisotopic (exact) mass is 426 g/mol. The lowest BCUT2D eigenvalue weighted by atomic mass is 9.92. The smallest absolute Gasteiger partial charge is 0.0817 e. The number of hydrogen-bond donors (Lipinski definition) is 0. The summed E-state index contributed by atoms with van der Waals surface area (Å²) in [7, 11) is 0. The van der Waals surface area contributed by atoms with E-state index in [9.17, 15) is 0 Å². The molecule has 0 N–H and O–H groups in total. The van der Waals surface area contributed by atoms with E-state index in [4.69, 9.17) is 4.74 Å². The summed E-state index contributed by atoms with van der Waals surface area (Å²) < 4.78 is 6.85. The molecule has 0 aromatic heterocycles. The molecule has 6 aromatic rings. The Morgan fingerprint density at radius 3 is 1.00 bits per heavy atom. The summed E-state index contributed by atoms with van der Waals surface area (Å²) in [5.41, 5.74) is 2.53. The highest BCUT2D eigenvalue weighted by molar-refractivity contribution is 6.03. The van der Waals surface area contributed by atoms with Gasteiger partial charge in [-0.15, -0.1) is 0 Å². The van der Waals surface area contributed by atoms with Crippen molar-refractivity contribution in [2.24, 2.45) is 0 Å². The molecule has 160 valence electrons. The molecule has 0 heterocycles. The van der Waals surface area contributed by atoms with E-state index in [0.717, 1.165) is 0 Å². The summed E-state index contributed by atoms with van der Waals surface area (Å²) in [4.78, 5) is 0. The molecule has 0 aliphatic heterocycles. The van der Waals surface area contributed by atoms with Crippen molar-refractivity contribution >= 4 is 43.1 Å². The van der Waals surface area contributed by atoms with E-state index in [0.29, 0.717) is 0 Å². The van der Waals surface area contributed by atoms with Crippen molar-refractivity contribution in [3.63, 3.8) is 0 Å². The Hall–Kier alpha value is -3.68. The first-order chi connectivity index (χ1) is 16.2. The third-order valence-electron chi connectivity index (χ3n) is 6.85. The molecule has 2 unspecified atom stereocenters. The highest BCUT2D eigenvalue weighted by atomic mass is 16.5. The Kier molecular flexibility index (Phi) is 4.86. The largest absolute Gasteiger partial charge is 0.366 e. The Bertz CT molecular complexity index is 1400. The van der Waals surface area contributed by atoms with Gasteiger partial charge in [0.1, 0.15) is 0 Å². The lowest BCUT2D eigenvalue weighted by molar-refractivity contribution is 0.00897. The molecule has 0 radical (unpaired) electrons. The minimum absolute atomic E-state index is 0.0614. The lowest BCUT2D eigenvalue weighted by Gasteiger charge is -2.25. The van der Waals surface area contributed by atoms with Gasteiger partial charge in [-0.2, -0.15) is 0 Å². The predicted octanol–water partition coefficient (Wildman–Crippen LogP) is 9.14. The summed E-state index contributed by atoms with van der Waals surface area (Å²) in [5.74, 6) is 0. The first kappa shape index (κ1) is 20.0. The summed E-state index contributed by atoms with van der Waals surface area (Å²) in [5, 5.41) is 10.1. The number of rotatable bonds is 4. The zero-order valence-corrected chi connectivity index (χ0v) is 19.0. The van der Waals surface area contributed by atoms with E-state index < -0.39 is 0 Å². The highest BCUT2D eigenvalue weighted by Gasteiger charge is 2.20. The standard InChI is InChI=1S/C32H26O/c1-21(31-27-15-7-3-11-23(27)19-24-12-4-8-16-28(24)31)33-22(2)32-29-17-9-5-13-25(29)20-26-14-6-10-18-30(26)32/h3-22H,1-2H3. The average Bonchev–Trinajstić information content (AvgIpc) is 2.85. The second-order valence-corrected chi connectivity index (χ2v) is 8.89. The molecular weight excluding hydrogens is 400 g/mol. The average molecular weight is 427 g/mol. The number of hydrogen-bond acceptors (Lipinski definition) is 1. The van der Waals surface area contributed by atoms with Crippen LogP contribution in [0.25, 0.3) is 43.1 Å². The summed E-state index contributed by atoms with van der Waals surface area (Å²) in [6, 6.07) is 39.1. The molecule has 6 rings (SSSR count). The molecule has 0 bridgehead atoms. The number of benzene rings is 6. The van der Waals surface area contributed by atoms with Gasteiger partial charge in [-0.25, -0.2) is 0 Å². The summed E-state index contributed by atoms with van der Waals surface area (Å²) in [6.45, 7) is 4.38. The zero-order valence-electron chi connectivity index (χ0n) is 19.0. The van der Waals surface area contributed by atoms with Crippen LogP contribution in [0.5, 0.6) is 0 Å². The minimum atomic E-state index is -0.0614. The van der Waals surface area contributed by atoms with Gasteiger partial charge in [-0.1, -0.05) is 97.1 Å². The van der Waals surface area contributed by atoms with Gasteiger partial charge >= 0.3 is 0 Å². The van der Waals surface area contributed by atoms with Crippen molar-refractivity contribution in [3.8, 4) is 0 Å². The summed E-state index contributed by atoms with van der Waals surface area (Å²) in [6.07, 6.45) is -0.123. The fourth-order valence-corrected chi connectivity index (χ4v) is 5.42. The van der Waals surface area contributed by atoms with Gasteiger partial charge in [0.25, 0.3) is 0 Å². The zero-order chi connectivity index (χ0) is 22.4. The third-order valence-corrected chi connectivity index (χ3v) is 6.85. The normalized spacial score (nSPS) is 13.6. The van der Waals surface area contributed by atoms with Gasteiger partial charge in [0.05, 0.1) is 12.2 Å².